The summed E-state index contributed by atoms with van der Waals surface area (Å²) >= 11 is 0. The first-order valence-electron chi connectivity index (χ1n) is 6.03. The van der Waals surface area contributed by atoms with Crippen molar-refractivity contribution in [3.63, 3.8) is 0 Å². The molecule has 5 nitrogen and oxygen atoms in total. The van der Waals surface area contributed by atoms with Gasteiger partial charge in [0.15, 0.2) is 0 Å². The zero-order valence-corrected chi connectivity index (χ0v) is 11.4. The summed E-state index contributed by atoms with van der Waals surface area (Å²) in [5, 5.41) is 2.44. The lowest BCUT2D eigenvalue weighted by Crippen LogP contribution is -2.43. The summed E-state index contributed by atoms with van der Waals surface area (Å²) in [5.41, 5.74) is -2.14. The number of carbonyl (C=O) groups is 2. The minimum absolute atomic E-state index is 0.0395. The quantitative estimate of drug-likeness (QED) is 0.818. The fourth-order valence-corrected chi connectivity index (χ4v) is 1.74. The molecule has 1 unspecified atom stereocenters. The molecule has 6 heteroatoms. The van der Waals surface area contributed by atoms with Crippen molar-refractivity contribution in [1.82, 2.24) is 10.2 Å². The van der Waals surface area contributed by atoms with Crippen LogP contribution in [0.5, 0.6) is 0 Å². The monoisotopic (exact) mass is 260 g/mol. The summed E-state index contributed by atoms with van der Waals surface area (Å²) in [4.78, 5) is 23.8. The number of hydrogen-bond acceptors (Lipinski definition) is 3. The van der Waals surface area contributed by atoms with Crippen LogP contribution in [-0.4, -0.2) is 47.8 Å². The second kappa shape index (κ2) is 5.12. The molecule has 1 N–H and O–H groups in total. The third-order valence-electron chi connectivity index (χ3n) is 2.61. The second-order valence-electron chi connectivity index (χ2n) is 5.71. The summed E-state index contributed by atoms with van der Waals surface area (Å²) in [5.74, 6) is -0.275. The summed E-state index contributed by atoms with van der Waals surface area (Å²) in [6, 6.07) is 0. The van der Waals surface area contributed by atoms with Gasteiger partial charge in [-0.3, -0.25) is 4.79 Å². The minimum Gasteiger partial charge on any atom is -0.444 e. The molecule has 2 amide bonds. The van der Waals surface area contributed by atoms with E-state index >= 15 is 0 Å². The molecular weight excluding hydrogens is 239 g/mol. The van der Waals surface area contributed by atoms with Crippen LogP contribution in [0.4, 0.5) is 9.18 Å². The smallest absolute Gasteiger partial charge is 0.410 e. The highest BCUT2D eigenvalue weighted by molar-refractivity contribution is 5.73. The molecule has 1 heterocycles. The van der Waals surface area contributed by atoms with Crippen molar-refractivity contribution in [2.75, 3.05) is 19.6 Å². The Balaban J connectivity index is 2.49. The van der Waals surface area contributed by atoms with Gasteiger partial charge in [-0.2, -0.15) is 0 Å². The van der Waals surface area contributed by atoms with Crippen LogP contribution in [0.1, 0.15) is 34.1 Å². The van der Waals surface area contributed by atoms with Crippen molar-refractivity contribution in [2.45, 2.75) is 45.4 Å². The number of nitrogens with zero attached hydrogens (tertiary/aromatic N) is 1. The van der Waals surface area contributed by atoms with Gasteiger partial charge in [0.05, 0.1) is 13.1 Å². The third-order valence-corrected chi connectivity index (χ3v) is 2.61. The van der Waals surface area contributed by atoms with E-state index in [0.29, 0.717) is 6.54 Å². The standard InChI is InChI=1S/C12H21FN2O3/c1-9(16)14-7-12(13)5-6-15(8-12)10(17)18-11(2,3)4/h5-8H2,1-4H3,(H,14,16). The van der Waals surface area contributed by atoms with E-state index in [2.05, 4.69) is 5.32 Å². The van der Waals surface area contributed by atoms with Crippen LogP contribution in [-0.2, 0) is 9.53 Å². The van der Waals surface area contributed by atoms with Crippen molar-refractivity contribution < 1.29 is 18.7 Å². The summed E-state index contributed by atoms with van der Waals surface area (Å²) in [7, 11) is 0. The minimum atomic E-state index is -1.55. The van der Waals surface area contributed by atoms with Crippen LogP contribution in [0, 0.1) is 0 Å². The Morgan fingerprint density at radius 3 is 2.56 bits per heavy atom. The highest BCUT2D eigenvalue weighted by atomic mass is 19.1. The molecule has 18 heavy (non-hydrogen) atoms. The Kier molecular flexibility index (Phi) is 4.19. The predicted octanol–water partition coefficient (Wildman–Crippen LogP) is 1.47. The number of ether oxygens (including phenoxy) is 1. The van der Waals surface area contributed by atoms with Gasteiger partial charge < -0.3 is 15.0 Å². The van der Waals surface area contributed by atoms with Gasteiger partial charge in [0.25, 0.3) is 0 Å². The number of hydrogen-bond donors (Lipinski definition) is 1. The van der Waals surface area contributed by atoms with E-state index < -0.39 is 17.4 Å². The van der Waals surface area contributed by atoms with Crippen molar-refractivity contribution in [3.8, 4) is 0 Å². The lowest BCUT2D eigenvalue weighted by molar-refractivity contribution is -0.119. The van der Waals surface area contributed by atoms with Crippen molar-refractivity contribution in [1.29, 1.82) is 0 Å². The van der Waals surface area contributed by atoms with Gasteiger partial charge in [-0.25, -0.2) is 9.18 Å². The van der Waals surface area contributed by atoms with Crippen LogP contribution in [0.15, 0.2) is 0 Å². The zero-order valence-electron chi connectivity index (χ0n) is 11.4. The van der Waals surface area contributed by atoms with Crippen LogP contribution < -0.4 is 5.32 Å². The Bertz CT molecular complexity index is 341. The Labute approximate surface area is 107 Å². The molecule has 0 spiro atoms. The number of rotatable bonds is 2. The zero-order chi connectivity index (χ0) is 14.0. The topological polar surface area (TPSA) is 58.6 Å². The van der Waals surface area contributed by atoms with E-state index in [-0.39, 0.29) is 25.4 Å². The van der Waals surface area contributed by atoms with Gasteiger partial charge in [0.2, 0.25) is 5.91 Å². The molecule has 0 bridgehead atoms. The van der Waals surface area contributed by atoms with Gasteiger partial charge in [0.1, 0.15) is 11.3 Å². The van der Waals surface area contributed by atoms with E-state index in [1.807, 2.05) is 0 Å². The average molecular weight is 260 g/mol. The first kappa shape index (κ1) is 14.7. The highest BCUT2D eigenvalue weighted by Crippen LogP contribution is 2.26. The summed E-state index contributed by atoms with van der Waals surface area (Å²) < 4.78 is 19.4. The SMILES string of the molecule is CC(=O)NCC1(F)CCN(C(=O)OC(C)(C)C)C1. The van der Waals surface area contributed by atoms with Crippen molar-refractivity contribution in [2.24, 2.45) is 0 Å². The second-order valence-corrected chi connectivity index (χ2v) is 5.71. The van der Waals surface area contributed by atoms with E-state index in [4.69, 9.17) is 4.74 Å². The van der Waals surface area contributed by atoms with Crippen LogP contribution in [0.2, 0.25) is 0 Å². The number of carbonyl (C=O) groups excluding carboxylic acids is 2. The Morgan fingerprint density at radius 2 is 2.06 bits per heavy atom. The lowest BCUT2D eigenvalue weighted by Gasteiger charge is -2.25. The van der Waals surface area contributed by atoms with Gasteiger partial charge in [0, 0.05) is 19.9 Å². The molecule has 1 atom stereocenters. The number of nitrogens with one attached hydrogen (secondary N) is 1. The normalized spacial score (nSPS) is 23.9. The predicted molar refractivity (Wildman–Crippen MR) is 64.9 cm³/mol. The molecular formula is C12H21FN2O3. The van der Waals surface area contributed by atoms with Crippen LogP contribution in [0.25, 0.3) is 0 Å². The largest absolute Gasteiger partial charge is 0.444 e. The fourth-order valence-electron chi connectivity index (χ4n) is 1.74. The number of alkyl halides is 1. The molecule has 0 aromatic heterocycles. The van der Waals surface area contributed by atoms with Gasteiger partial charge in [-0.05, 0) is 20.8 Å². The Hall–Kier alpha value is -1.33. The molecule has 0 aliphatic carbocycles. The van der Waals surface area contributed by atoms with E-state index in [9.17, 15) is 14.0 Å². The maximum Gasteiger partial charge on any atom is 0.410 e. The molecule has 1 aliphatic heterocycles. The average Bonchev–Trinajstić information content (AvgIpc) is 2.56. The third kappa shape index (κ3) is 4.50. The number of amides is 2. The van der Waals surface area contributed by atoms with Crippen molar-refractivity contribution >= 4 is 12.0 Å². The summed E-state index contributed by atoms with van der Waals surface area (Å²) in [6.45, 7) is 6.84. The first-order valence-corrected chi connectivity index (χ1v) is 6.03. The summed E-state index contributed by atoms with van der Waals surface area (Å²) in [6.07, 6.45) is -0.295. The van der Waals surface area contributed by atoms with Gasteiger partial charge in [-0.1, -0.05) is 0 Å². The molecule has 0 aromatic carbocycles. The highest BCUT2D eigenvalue weighted by Gasteiger charge is 2.41. The molecule has 1 aliphatic rings. The van der Waals surface area contributed by atoms with Crippen molar-refractivity contribution in [3.05, 3.63) is 0 Å². The molecule has 0 saturated carbocycles. The van der Waals surface area contributed by atoms with Gasteiger partial charge >= 0.3 is 6.09 Å². The molecule has 0 radical (unpaired) electrons. The lowest BCUT2D eigenvalue weighted by atomic mass is 10.1. The molecule has 0 aromatic rings. The fraction of sp³-hybridized carbons (Fsp3) is 0.833. The van der Waals surface area contributed by atoms with Crippen LogP contribution >= 0.6 is 0 Å². The number of likely N-dealkylation sites (tertiary alicyclic amines) is 1. The molecule has 1 fully saturated rings. The van der Waals surface area contributed by atoms with E-state index in [1.165, 1.54) is 11.8 Å². The first-order chi connectivity index (χ1) is 8.11. The Morgan fingerprint density at radius 1 is 1.44 bits per heavy atom. The van der Waals surface area contributed by atoms with E-state index in [1.54, 1.807) is 20.8 Å². The molecule has 1 rings (SSSR count). The number of halogens is 1. The van der Waals surface area contributed by atoms with Crippen LogP contribution in [0.3, 0.4) is 0 Å². The van der Waals surface area contributed by atoms with E-state index in [0.717, 1.165) is 0 Å². The molecule has 1 saturated heterocycles. The van der Waals surface area contributed by atoms with Gasteiger partial charge in [-0.15, -0.1) is 0 Å². The maximum absolute atomic E-state index is 14.3. The molecule has 104 valence electrons. The maximum atomic E-state index is 14.3.